The molecule has 214 valence electrons. The van der Waals surface area contributed by atoms with E-state index in [1.54, 1.807) is 0 Å². The van der Waals surface area contributed by atoms with Gasteiger partial charge in [-0.05, 0) is 122 Å². The summed E-state index contributed by atoms with van der Waals surface area (Å²) in [7, 11) is 0. The van der Waals surface area contributed by atoms with Crippen molar-refractivity contribution in [1.82, 2.24) is 0 Å². The van der Waals surface area contributed by atoms with Crippen molar-refractivity contribution in [2.24, 2.45) is 0 Å². The van der Waals surface area contributed by atoms with Crippen molar-refractivity contribution in [1.29, 1.82) is 0 Å². The lowest BCUT2D eigenvalue weighted by Gasteiger charge is -2.28. The van der Waals surface area contributed by atoms with Crippen molar-refractivity contribution in [3.63, 3.8) is 0 Å². The number of rotatable bonds is 4. The zero-order chi connectivity index (χ0) is 30.2. The molecule has 9 aromatic rings. The van der Waals surface area contributed by atoms with Crippen LogP contribution in [0.5, 0.6) is 0 Å². The summed E-state index contributed by atoms with van der Waals surface area (Å²) in [6.07, 6.45) is 0. The highest BCUT2D eigenvalue weighted by atomic mass is 16.3. The van der Waals surface area contributed by atoms with Crippen LogP contribution in [0.3, 0.4) is 0 Å². The van der Waals surface area contributed by atoms with Crippen molar-refractivity contribution in [3.8, 4) is 33.4 Å². The molecule has 0 aliphatic heterocycles. The third-order valence-electron chi connectivity index (χ3n) is 9.52. The van der Waals surface area contributed by atoms with Gasteiger partial charge in [0.1, 0.15) is 5.58 Å². The van der Waals surface area contributed by atoms with E-state index < -0.39 is 0 Å². The summed E-state index contributed by atoms with van der Waals surface area (Å²) in [6.45, 7) is 0. The molecule has 0 N–H and O–H groups in total. The Morgan fingerprint density at radius 3 is 1.74 bits per heavy atom. The number of anilines is 3. The van der Waals surface area contributed by atoms with Gasteiger partial charge >= 0.3 is 0 Å². The first-order valence-corrected chi connectivity index (χ1v) is 15.8. The summed E-state index contributed by atoms with van der Waals surface area (Å²) in [5, 5.41) is 7.26. The summed E-state index contributed by atoms with van der Waals surface area (Å²) in [6, 6.07) is 59.0. The van der Waals surface area contributed by atoms with E-state index in [4.69, 9.17) is 4.42 Å². The van der Waals surface area contributed by atoms with Gasteiger partial charge in [0, 0.05) is 22.1 Å². The summed E-state index contributed by atoms with van der Waals surface area (Å²) in [5.74, 6) is 0. The van der Waals surface area contributed by atoms with E-state index in [1.165, 1.54) is 54.9 Å². The van der Waals surface area contributed by atoms with Crippen molar-refractivity contribution in [2.45, 2.75) is 0 Å². The molecule has 0 saturated heterocycles. The number of furan rings is 1. The Bertz CT molecular complexity index is 2630. The first-order valence-electron chi connectivity index (χ1n) is 15.8. The summed E-state index contributed by atoms with van der Waals surface area (Å²) < 4.78 is 6.51. The topological polar surface area (TPSA) is 16.4 Å². The second-order valence-corrected chi connectivity index (χ2v) is 12.2. The van der Waals surface area contributed by atoms with E-state index in [1.807, 2.05) is 12.1 Å². The first kappa shape index (κ1) is 25.2. The first-order chi connectivity index (χ1) is 22.8. The maximum atomic E-state index is 6.51. The predicted molar refractivity (Wildman–Crippen MR) is 193 cm³/mol. The Labute approximate surface area is 266 Å². The fraction of sp³-hybridized carbons (Fsp3) is 0. The van der Waals surface area contributed by atoms with Gasteiger partial charge in [0.25, 0.3) is 0 Å². The van der Waals surface area contributed by atoms with Gasteiger partial charge in [0.15, 0.2) is 5.58 Å². The zero-order valence-corrected chi connectivity index (χ0v) is 24.9. The molecule has 0 radical (unpaired) electrons. The van der Waals surface area contributed by atoms with Crippen LogP contribution in [0.15, 0.2) is 168 Å². The number of nitrogens with zero attached hydrogens (tertiary/aromatic N) is 1. The molecule has 0 amide bonds. The Balaban J connectivity index is 1.11. The monoisotopic (exact) mass is 585 g/mol. The average molecular weight is 586 g/mol. The second kappa shape index (κ2) is 9.69. The molecule has 1 aliphatic rings. The Kier molecular flexibility index (Phi) is 5.31. The molecular weight excluding hydrogens is 558 g/mol. The van der Waals surface area contributed by atoms with E-state index in [0.717, 1.165) is 39.0 Å². The van der Waals surface area contributed by atoms with Gasteiger partial charge in [-0.15, -0.1) is 0 Å². The molecule has 1 aromatic heterocycles. The minimum atomic E-state index is 0.889. The molecule has 0 atom stereocenters. The Morgan fingerprint density at radius 2 is 0.978 bits per heavy atom. The van der Waals surface area contributed by atoms with Crippen LogP contribution in [0.4, 0.5) is 17.1 Å². The molecule has 1 heterocycles. The number of para-hydroxylation sites is 3. The average Bonchev–Trinajstić information content (AvgIpc) is 3.50. The minimum Gasteiger partial charge on any atom is -0.454 e. The van der Waals surface area contributed by atoms with E-state index in [9.17, 15) is 0 Å². The van der Waals surface area contributed by atoms with Gasteiger partial charge in [-0.3, -0.25) is 0 Å². The number of fused-ring (bicyclic) bond motifs is 9. The number of hydrogen-bond acceptors (Lipinski definition) is 2. The van der Waals surface area contributed by atoms with E-state index in [2.05, 4.69) is 157 Å². The molecule has 0 unspecified atom stereocenters. The minimum absolute atomic E-state index is 0.889. The molecule has 0 saturated carbocycles. The quantitative estimate of drug-likeness (QED) is 0.204. The Hall–Kier alpha value is -6.12. The van der Waals surface area contributed by atoms with Crippen molar-refractivity contribution < 1.29 is 4.42 Å². The van der Waals surface area contributed by atoms with Crippen LogP contribution < -0.4 is 4.90 Å². The van der Waals surface area contributed by atoms with Gasteiger partial charge in [-0.25, -0.2) is 0 Å². The standard InChI is InChI=1S/C44H27NO/c1-3-10-28(11-4-1)29-18-19-30-24-38-39-25-31-20-21-35(23-33(31)27-41(39)40(38)26-32(30)22-29)45(34-12-5-2-6-13-34)42-16-9-15-37-36-14-7-8-17-43(36)46-44(37)42/h1-27H. The van der Waals surface area contributed by atoms with Crippen molar-refractivity contribution in [2.75, 3.05) is 4.90 Å². The van der Waals surface area contributed by atoms with Crippen LogP contribution >= 0.6 is 0 Å². The molecule has 1 aliphatic carbocycles. The van der Waals surface area contributed by atoms with Crippen LogP contribution in [0.2, 0.25) is 0 Å². The third kappa shape index (κ3) is 3.77. The van der Waals surface area contributed by atoms with Crippen molar-refractivity contribution >= 4 is 60.5 Å². The van der Waals surface area contributed by atoms with Crippen LogP contribution in [-0.4, -0.2) is 0 Å². The molecular formula is C44H27NO. The molecule has 8 aromatic carbocycles. The van der Waals surface area contributed by atoms with Crippen molar-refractivity contribution in [3.05, 3.63) is 164 Å². The smallest absolute Gasteiger partial charge is 0.159 e. The number of benzene rings is 8. The maximum Gasteiger partial charge on any atom is 0.159 e. The summed E-state index contributed by atoms with van der Waals surface area (Å²) in [5.41, 5.74) is 12.8. The van der Waals surface area contributed by atoms with Crippen LogP contribution in [-0.2, 0) is 0 Å². The highest BCUT2D eigenvalue weighted by molar-refractivity contribution is 6.13. The summed E-state index contributed by atoms with van der Waals surface area (Å²) in [4.78, 5) is 2.32. The molecule has 2 heteroatoms. The van der Waals surface area contributed by atoms with E-state index in [0.29, 0.717) is 0 Å². The molecule has 0 bridgehead atoms. The molecule has 10 rings (SSSR count). The van der Waals surface area contributed by atoms with E-state index >= 15 is 0 Å². The SMILES string of the molecule is c1ccc(-c2ccc3cc4c(cc3c2)-c2cc3cc(N(c5ccccc5)c5cccc6c5oc5ccccc56)ccc3cc2-4)cc1. The third-order valence-corrected chi connectivity index (χ3v) is 9.52. The zero-order valence-electron chi connectivity index (χ0n) is 24.9. The maximum absolute atomic E-state index is 6.51. The van der Waals surface area contributed by atoms with Gasteiger partial charge in [-0.1, -0.05) is 97.1 Å². The van der Waals surface area contributed by atoms with Crippen LogP contribution in [0, 0.1) is 0 Å². The molecule has 0 fully saturated rings. The van der Waals surface area contributed by atoms with Gasteiger partial charge in [-0.2, -0.15) is 0 Å². The van der Waals surface area contributed by atoms with E-state index in [-0.39, 0.29) is 0 Å². The Morgan fingerprint density at radius 1 is 0.370 bits per heavy atom. The highest BCUT2D eigenvalue weighted by Gasteiger charge is 2.25. The lowest BCUT2D eigenvalue weighted by Crippen LogP contribution is -2.10. The van der Waals surface area contributed by atoms with Crippen LogP contribution in [0.1, 0.15) is 0 Å². The summed E-state index contributed by atoms with van der Waals surface area (Å²) >= 11 is 0. The number of hydrogen-bond donors (Lipinski definition) is 0. The normalized spacial score (nSPS) is 11.9. The van der Waals surface area contributed by atoms with Gasteiger partial charge in [0.05, 0.1) is 5.69 Å². The van der Waals surface area contributed by atoms with Gasteiger partial charge < -0.3 is 9.32 Å². The largest absolute Gasteiger partial charge is 0.454 e. The lowest BCUT2D eigenvalue weighted by atomic mass is 9.77. The molecule has 2 nitrogen and oxygen atoms in total. The molecule has 0 spiro atoms. The van der Waals surface area contributed by atoms with Gasteiger partial charge in [0.2, 0.25) is 0 Å². The van der Waals surface area contributed by atoms with Crippen LogP contribution in [0.25, 0.3) is 76.9 Å². The highest BCUT2D eigenvalue weighted by Crippen LogP contribution is 2.51. The predicted octanol–water partition coefficient (Wildman–Crippen LogP) is 12.7. The fourth-order valence-corrected chi connectivity index (χ4v) is 7.27. The second-order valence-electron chi connectivity index (χ2n) is 12.2. The lowest BCUT2D eigenvalue weighted by molar-refractivity contribution is 0.669. The molecule has 46 heavy (non-hydrogen) atoms. The fourth-order valence-electron chi connectivity index (χ4n) is 7.27.